The Kier molecular flexibility index (Phi) is 5.70. The van der Waals surface area contributed by atoms with Gasteiger partial charge in [-0.25, -0.2) is 4.39 Å². The molecule has 1 aliphatic heterocycles. The third kappa shape index (κ3) is 3.86. The zero-order valence-electron chi connectivity index (χ0n) is 14.5. The Balaban J connectivity index is 1.48. The fraction of sp³-hybridized carbons (Fsp3) is 0.158. The lowest BCUT2D eigenvalue weighted by Crippen LogP contribution is -2.42. The number of amides is 4. The van der Waals surface area contributed by atoms with Gasteiger partial charge in [-0.05, 0) is 24.3 Å². The number of benzene rings is 2. The number of nitrogens with one attached hydrogen (secondary N) is 2. The van der Waals surface area contributed by atoms with Gasteiger partial charge in [0.25, 0.3) is 17.7 Å². The van der Waals surface area contributed by atoms with E-state index in [2.05, 4.69) is 10.6 Å². The largest absolute Gasteiger partial charge is 0.353 e. The monoisotopic (exact) mass is 403 g/mol. The molecule has 7 nitrogen and oxygen atoms in total. The highest BCUT2D eigenvalue weighted by Crippen LogP contribution is 2.22. The molecule has 0 unspecified atom stereocenters. The average molecular weight is 404 g/mol. The summed E-state index contributed by atoms with van der Waals surface area (Å²) in [6.45, 7) is -0.392. The van der Waals surface area contributed by atoms with Gasteiger partial charge in [0.15, 0.2) is 0 Å². The van der Waals surface area contributed by atoms with Crippen LogP contribution in [0.3, 0.4) is 0 Å². The molecule has 0 aliphatic carbocycles. The maximum atomic E-state index is 13.7. The minimum absolute atomic E-state index is 0.0113. The lowest BCUT2D eigenvalue weighted by molar-refractivity contribution is -0.121. The van der Waals surface area contributed by atoms with Gasteiger partial charge in [0.1, 0.15) is 12.4 Å². The van der Waals surface area contributed by atoms with Crippen molar-refractivity contribution in [1.82, 2.24) is 15.5 Å². The van der Waals surface area contributed by atoms with E-state index in [1.807, 2.05) is 0 Å². The quantitative estimate of drug-likeness (QED) is 0.566. The van der Waals surface area contributed by atoms with Crippen LogP contribution in [0.15, 0.2) is 42.5 Å². The molecule has 144 valence electrons. The van der Waals surface area contributed by atoms with Crippen molar-refractivity contribution in [3.63, 3.8) is 0 Å². The van der Waals surface area contributed by atoms with E-state index in [-0.39, 0.29) is 34.8 Å². The first-order valence-corrected chi connectivity index (χ1v) is 8.72. The standard InChI is InChI=1S/C19H15ClFN3O4/c20-13-6-3-7-14(21)16(13)17(26)23-9-8-22-15(25)10-24-18(27)11-4-1-2-5-12(11)19(24)28/h1-7H,8-10H2,(H,22,25)(H,23,26). The Labute approximate surface area is 164 Å². The Hall–Kier alpha value is -3.26. The summed E-state index contributed by atoms with van der Waals surface area (Å²) in [6, 6.07) is 10.2. The fourth-order valence-electron chi connectivity index (χ4n) is 2.76. The van der Waals surface area contributed by atoms with Crippen molar-refractivity contribution in [2.24, 2.45) is 0 Å². The SMILES string of the molecule is O=C(CN1C(=O)c2ccccc2C1=O)NCCNC(=O)c1c(F)cccc1Cl. The van der Waals surface area contributed by atoms with E-state index in [0.29, 0.717) is 0 Å². The third-order valence-electron chi connectivity index (χ3n) is 4.10. The van der Waals surface area contributed by atoms with Crippen LogP contribution in [0.2, 0.25) is 5.02 Å². The topological polar surface area (TPSA) is 95.6 Å². The third-order valence-corrected chi connectivity index (χ3v) is 4.42. The van der Waals surface area contributed by atoms with Gasteiger partial charge >= 0.3 is 0 Å². The molecule has 4 amide bonds. The molecule has 0 aromatic heterocycles. The molecule has 2 aromatic carbocycles. The second-order valence-electron chi connectivity index (χ2n) is 5.94. The highest BCUT2D eigenvalue weighted by molar-refractivity contribution is 6.33. The number of nitrogens with zero attached hydrogens (tertiary/aromatic N) is 1. The first-order chi connectivity index (χ1) is 13.4. The zero-order chi connectivity index (χ0) is 20.3. The summed E-state index contributed by atoms with van der Waals surface area (Å²) in [5.74, 6) is -3.08. The van der Waals surface area contributed by atoms with Crippen molar-refractivity contribution in [2.75, 3.05) is 19.6 Å². The van der Waals surface area contributed by atoms with Gasteiger partial charge in [-0.15, -0.1) is 0 Å². The number of halogens is 2. The summed E-state index contributed by atoms with van der Waals surface area (Å²) < 4.78 is 13.7. The molecule has 3 rings (SSSR count). The van der Waals surface area contributed by atoms with E-state index >= 15 is 0 Å². The predicted octanol–water partition coefficient (Wildman–Crippen LogP) is 1.62. The van der Waals surface area contributed by atoms with Crippen molar-refractivity contribution in [3.05, 3.63) is 70.0 Å². The molecule has 1 aliphatic rings. The minimum Gasteiger partial charge on any atom is -0.353 e. The van der Waals surface area contributed by atoms with Crippen LogP contribution in [-0.4, -0.2) is 48.2 Å². The molecule has 28 heavy (non-hydrogen) atoms. The molecule has 2 aromatic rings. The lowest BCUT2D eigenvalue weighted by Gasteiger charge is -2.14. The first kappa shape index (κ1) is 19.5. The van der Waals surface area contributed by atoms with Crippen molar-refractivity contribution < 1.29 is 23.6 Å². The van der Waals surface area contributed by atoms with Crippen molar-refractivity contribution in [2.45, 2.75) is 0 Å². The number of carbonyl (C=O) groups excluding carboxylic acids is 4. The lowest BCUT2D eigenvalue weighted by atomic mass is 10.1. The normalized spacial score (nSPS) is 12.7. The van der Waals surface area contributed by atoms with Gasteiger partial charge in [0.2, 0.25) is 5.91 Å². The number of imide groups is 1. The Morgan fingerprint density at radius 1 is 0.929 bits per heavy atom. The number of hydrogen-bond donors (Lipinski definition) is 2. The second kappa shape index (κ2) is 8.18. The Bertz CT molecular complexity index is 924. The molecule has 0 bridgehead atoms. The van der Waals surface area contributed by atoms with E-state index < -0.39 is 36.0 Å². The van der Waals surface area contributed by atoms with Gasteiger partial charge in [-0.2, -0.15) is 0 Å². The van der Waals surface area contributed by atoms with Crippen LogP contribution in [0.25, 0.3) is 0 Å². The van der Waals surface area contributed by atoms with Gasteiger partial charge in [-0.3, -0.25) is 24.1 Å². The molecular formula is C19H15ClFN3O4. The van der Waals surface area contributed by atoms with Crippen LogP contribution in [0.1, 0.15) is 31.1 Å². The molecule has 0 radical (unpaired) electrons. The molecule has 9 heteroatoms. The molecule has 0 fully saturated rings. The maximum absolute atomic E-state index is 13.7. The Morgan fingerprint density at radius 3 is 2.14 bits per heavy atom. The number of fused-ring (bicyclic) bond motifs is 1. The molecule has 0 saturated heterocycles. The van der Waals surface area contributed by atoms with Crippen molar-refractivity contribution >= 4 is 35.2 Å². The van der Waals surface area contributed by atoms with E-state index in [4.69, 9.17) is 11.6 Å². The van der Waals surface area contributed by atoms with Gasteiger partial charge in [0.05, 0.1) is 21.7 Å². The van der Waals surface area contributed by atoms with Crippen molar-refractivity contribution in [3.8, 4) is 0 Å². The maximum Gasteiger partial charge on any atom is 0.262 e. The molecule has 1 heterocycles. The predicted molar refractivity (Wildman–Crippen MR) is 98.6 cm³/mol. The van der Waals surface area contributed by atoms with Gasteiger partial charge in [0, 0.05) is 13.1 Å². The first-order valence-electron chi connectivity index (χ1n) is 8.34. The van der Waals surface area contributed by atoms with E-state index in [1.54, 1.807) is 12.1 Å². The molecule has 0 atom stereocenters. The highest BCUT2D eigenvalue weighted by atomic mass is 35.5. The van der Waals surface area contributed by atoms with Crippen LogP contribution >= 0.6 is 11.6 Å². The summed E-state index contributed by atoms with van der Waals surface area (Å²) >= 11 is 5.81. The molecular weight excluding hydrogens is 389 g/mol. The minimum atomic E-state index is -0.750. The number of rotatable bonds is 6. The fourth-order valence-corrected chi connectivity index (χ4v) is 3.01. The van der Waals surface area contributed by atoms with E-state index in [0.717, 1.165) is 11.0 Å². The number of carbonyl (C=O) groups is 4. The molecule has 0 spiro atoms. The van der Waals surface area contributed by atoms with Gasteiger partial charge in [-0.1, -0.05) is 29.8 Å². The van der Waals surface area contributed by atoms with E-state index in [1.165, 1.54) is 24.3 Å². The number of hydrogen-bond acceptors (Lipinski definition) is 4. The second-order valence-corrected chi connectivity index (χ2v) is 6.35. The molecule has 2 N–H and O–H groups in total. The summed E-state index contributed by atoms with van der Waals surface area (Å²) in [6.07, 6.45) is 0. The van der Waals surface area contributed by atoms with Crippen LogP contribution in [0.5, 0.6) is 0 Å². The van der Waals surface area contributed by atoms with Crippen LogP contribution < -0.4 is 10.6 Å². The smallest absolute Gasteiger partial charge is 0.262 e. The summed E-state index contributed by atoms with van der Waals surface area (Å²) in [5.41, 5.74) is 0.241. The van der Waals surface area contributed by atoms with Crippen LogP contribution in [-0.2, 0) is 4.79 Å². The van der Waals surface area contributed by atoms with Crippen molar-refractivity contribution in [1.29, 1.82) is 0 Å². The Morgan fingerprint density at radius 2 is 1.54 bits per heavy atom. The van der Waals surface area contributed by atoms with Crippen LogP contribution in [0, 0.1) is 5.82 Å². The summed E-state index contributed by atoms with van der Waals surface area (Å²) in [7, 11) is 0. The van der Waals surface area contributed by atoms with E-state index in [9.17, 15) is 23.6 Å². The average Bonchev–Trinajstić information content (AvgIpc) is 2.90. The summed E-state index contributed by atoms with van der Waals surface area (Å²) in [5, 5.41) is 4.90. The highest BCUT2D eigenvalue weighted by Gasteiger charge is 2.36. The molecule has 0 saturated carbocycles. The summed E-state index contributed by atoms with van der Waals surface area (Å²) in [4.78, 5) is 49.3. The van der Waals surface area contributed by atoms with Crippen LogP contribution in [0.4, 0.5) is 4.39 Å². The van der Waals surface area contributed by atoms with Gasteiger partial charge < -0.3 is 10.6 Å². The zero-order valence-corrected chi connectivity index (χ0v) is 15.3.